The Balaban J connectivity index is 1.36. The number of rotatable bonds is 2. The van der Waals surface area contributed by atoms with Gasteiger partial charge in [-0.1, -0.05) is 30.3 Å². The fraction of sp³-hybridized carbons (Fsp3) is 0.421. The molecule has 120 valence electrons. The first-order valence-corrected chi connectivity index (χ1v) is 9.33. The Labute approximate surface area is 141 Å². The van der Waals surface area contributed by atoms with Crippen LogP contribution >= 0.6 is 11.3 Å². The molecule has 0 radical (unpaired) electrons. The summed E-state index contributed by atoms with van der Waals surface area (Å²) in [6, 6.07) is 13.3. The van der Waals surface area contributed by atoms with E-state index < -0.39 is 0 Å². The maximum atomic E-state index is 12.4. The first-order valence-electron chi connectivity index (χ1n) is 8.45. The summed E-state index contributed by atoms with van der Waals surface area (Å²) < 4.78 is 0. The van der Waals surface area contributed by atoms with E-state index in [-0.39, 0.29) is 5.91 Å². The summed E-state index contributed by atoms with van der Waals surface area (Å²) in [5, 5.41) is 1.98. The Kier molecular flexibility index (Phi) is 4.19. The second-order valence-corrected chi connectivity index (χ2v) is 7.44. The van der Waals surface area contributed by atoms with E-state index in [9.17, 15) is 4.79 Å². The number of fused-ring (bicyclic) bond motifs is 1. The van der Waals surface area contributed by atoms with E-state index >= 15 is 0 Å². The van der Waals surface area contributed by atoms with E-state index in [4.69, 9.17) is 0 Å². The van der Waals surface area contributed by atoms with Crippen molar-refractivity contribution in [1.82, 2.24) is 9.80 Å². The molecule has 2 aliphatic rings. The molecule has 4 rings (SSSR count). The zero-order valence-corrected chi connectivity index (χ0v) is 14.1. The van der Waals surface area contributed by atoms with Crippen molar-refractivity contribution < 1.29 is 4.79 Å². The van der Waals surface area contributed by atoms with E-state index in [0.717, 1.165) is 50.3 Å². The molecule has 0 spiro atoms. The minimum atomic E-state index is 0.211. The van der Waals surface area contributed by atoms with Crippen LogP contribution in [0.25, 0.3) is 0 Å². The average molecular weight is 326 g/mol. The van der Waals surface area contributed by atoms with E-state index in [1.165, 1.54) is 11.1 Å². The predicted molar refractivity (Wildman–Crippen MR) is 93.8 cm³/mol. The standard InChI is InChI=1S/C19H22N2OS/c22-19(18-6-3-13-23-18)20-11-8-17(9-12-20)21-10-7-15-4-1-2-5-16(15)14-21/h1-6,13,17H,7-12,14H2. The Bertz CT molecular complexity index is 674. The molecular formula is C19H22N2OS. The van der Waals surface area contributed by atoms with E-state index in [1.807, 2.05) is 22.4 Å². The molecule has 0 bridgehead atoms. The summed E-state index contributed by atoms with van der Waals surface area (Å²) in [6.07, 6.45) is 3.35. The fourth-order valence-corrected chi connectivity index (χ4v) is 4.51. The highest BCUT2D eigenvalue weighted by Crippen LogP contribution is 2.25. The van der Waals surface area contributed by atoms with E-state index in [1.54, 1.807) is 11.3 Å². The fourth-order valence-electron chi connectivity index (χ4n) is 3.82. The van der Waals surface area contributed by atoms with Gasteiger partial charge in [0.15, 0.2) is 0 Å². The molecule has 23 heavy (non-hydrogen) atoms. The Morgan fingerprint density at radius 2 is 1.78 bits per heavy atom. The van der Waals surface area contributed by atoms with Gasteiger partial charge < -0.3 is 4.90 Å². The van der Waals surface area contributed by atoms with Gasteiger partial charge in [0.05, 0.1) is 4.88 Å². The number of hydrogen-bond acceptors (Lipinski definition) is 3. The van der Waals surface area contributed by atoms with Crippen LogP contribution in [0.3, 0.4) is 0 Å². The maximum absolute atomic E-state index is 12.4. The number of carbonyl (C=O) groups excluding carboxylic acids is 1. The van der Waals surface area contributed by atoms with Gasteiger partial charge in [-0.25, -0.2) is 0 Å². The lowest BCUT2D eigenvalue weighted by atomic mass is 9.95. The van der Waals surface area contributed by atoms with Crippen LogP contribution in [0.1, 0.15) is 33.6 Å². The highest BCUT2D eigenvalue weighted by molar-refractivity contribution is 7.12. The van der Waals surface area contributed by atoms with Crippen molar-refractivity contribution >= 4 is 17.2 Å². The molecule has 1 amide bonds. The molecule has 3 heterocycles. The van der Waals surface area contributed by atoms with Crippen LogP contribution in [0.4, 0.5) is 0 Å². The molecule has 2 aliphatic heterocycles. The summed E-state index contributed by atoms with van der Waals surface area (Å²) >= 11 is 1.54. The molecule has 1 saturated heterocycles. The SMILES string of the molecule is O=C(c1cccs1)N1CCC(N2CCc3ccccc3C2)CC1. The Morgan fingerprint density at radius 1 is 1.00 bits per heavy atom. The third-order valence-corrected chi connectivity index (χ3v) is 6.02. The first kappa shape index (κ1) is 14.9. The van der Waals surface area contributed by atoms with Crippen LogP contribution in [-0.2, 0) is 13.0 Å². The molecule has 1 fully saturated rings. The Hall–Kier alpha value is -1.65. The van der Waals surface area contributed by atoms with Gasteiger partial charge in [-0.05, 0) is 41.8 Å². The summed E-state index contributed by atoms with van der Waals surface area (Å²) in [5.74, 6) is 0.211. The predicted octanol–water partition coefficient (Wildman–Crippen LogP) is 3.41. The summed E-state index contributed by atoms with van der Waals surface area (Å²) in [4.78, 5) is 17.9. The molecule has 1 aromatic heterocycles. The average Bonchev–Trinajstić information content (AvgIpc) is 3.15. The summed E-state index contributed by atoms with van der Waals surface area (Å²) in [7, 11) is 0. The minimum Gasteiger partial charge on any atom is -0.338 e. The van der Waals surface area contributed by atoms with Crippen LogP contribution in [0.2, 0.25) is 0 Å². The zero-order chi connectivity index (χ0) is 15.6. The molecule has 1 aromatic carbocycles. The number of benzene rings is 1. The number of amides is 1. The van der Waals surface area contributed by atoms with Crippen LogP contribution in [0, 0.1) is 0 Å². The minimum absolute atomic E-state index is 0.211. The topological polar surface area (TPSA) is 23.6 Å². The van der Waals surface area contributed by atoms with Gasteiger partial charge in [-0.15, -0.1) is 11.3 Å². The third kappa shape index (κ3) is 3.06. The number of carbonyl (C=O) groups is 1. The molecule has 0 N–H and O–H groups in total. The first-order chi connectivity index (χ1) is 11.3. The number of nitrogens with zero attached hydrogens (tertiary/aromatic N) is 2. The van der Waals surface area contributed by atoms with Gasteiger partial charge in [0.2, 0.25) is 0 Å². The van der Waals surface area contributed by atoms with E-state index in [2.05, 4.69) is 29.2 Å². The van der Waals surface area contributed by atoms with Crippen molar-refractivity contribution in [2.24, 2.45) is 0 Å². The van der Waals surface area contributed by atoms with Crippen LogP contribution in [0.15, 0.2) is 41.8 Å². The van der Waals surface area contributed by atoms with Crippen molar-refractivity contribution in [1.29, 1.82) is 0 Å². The van der Waals surface area contributed by atoms with Crippen molar-refractivity contribution in [3.63, 3.8) is 0 Å². The van der Waals surface area contributed by atoms with E-state index in [0.29, 0.717) is 6.04 Å². The van der Waals surface area contributed by atoms with Gasteiger partial charge in [0.25, 0.3) is 5.91 Å². The van der Waals surface area contributed by atoms with Crippen LogP contribution in [-0.4, -0.2) is 41.4 Å². The second kappa shape index (κ2) is 6.46. The second-order valence-electron chi connectivity index (χ2n) is 6.49. The number of piperidine rings is 1. The van der Waals surface area contributed by atoms with Crippen molar-refractivity contribution in [2.45, 2.75) is 31.8 Å². The molecule has 0 unspecified atom stereocenters. The third-order valence-electron chi connectivity index (χ3n) is 5.16. The highest BCUT2D eigenvalue weighted by atomic mass is 32.1. The normalized spacial score (nSPS) is 19.6. The maximum Gasteiger partial charge on any atom is 0.263 e. The zero-order valence-electron chi connectivity index (χ0n) is 13.3. The molecule has 0 saturated carbocycles. The lowest BCUT2D eigenvalue weighted by Gasteiger charge is -2.40. The highest BCUT2D eigenvalue weighted by Gasteiger charge is 2.29. The van der Waals surface area contributed by atoms with Crippen LogP contribution < -0.4 is 0 Å². The number of likely N-dealkylation sites (tertiary alicyclic amines) is 1. The molecule has 3 nitrogen and oxygen atoms in total. The number of hydrogen-bond donors (Lipinski definition) is 0. The lowest BCUT2D eigenvalue weighted by molar-refractivity contribution is 0.0604. The lowest BCUT2D eigenvalue weighted by Crippen LogP contribution is -2.48. The summed E-state index contributed by atoms with van der Waals surface area (Å²) in [6.45, 7) is 4.00. The number of thiophene rings is 1. The molecule has 0 aliphatic carbocycles. The van der Waals surface area contributed by atoms with Gasteiger partial charge >= 0.3 is 0 Å². The quantitative estimate of drug-likeness (QED) is 0.844. The molecule has 4 heteroatoms. The van der Waals surface area contributed by atoms with Gasteiger partial charge in [-0.2, -0.15) is 0 Å². The van der Waals surface area contributed by atoms with Gasteiger partial charge in [0, 0.05) is 32.2 Å². The van der Waals surface area contributed by atoms with Crippen molar-refractivity contribution in [3.05, 3.63) is 57.8 Å². The summed E-state index contributed by atoms with van der Waals surface area (Å²) in [5.41, 5.74) is 2.99. The Morgan fingerprint density at radius 3 is 2.52 bits per heavy atom. The van der Waals surface area contributed by atoms with Gasteiger partial charge in [0.1, 0.15) is 0 Å². The smallest absolute Gasteiger partial charge is 0.263 e. The molecule has 0 atom stereocenters. The molecular weight excluding hydrogens is 304 g/mol. The monoisotopic (exact) mass is 326 g/mol. The van der Waals surface area contributed by atoms with Gasteiger partial charge in [-0.3, -0.25) is 9.69 Å². The van der Waals surface area contributed by atoms with Crippen molar-refractivity contribution in [3.8, 4) is 0 Å². The molecule has 2 aromatic rings. The van der Waals surface area contributed by atoms with Crippen LogP contribution in [0.5, 0.6) is 0 Å². The van der Waals surface area contributed by atoms with Crippen molar-refractivity contribution in [2.75, 3.05) is 19.6 Å². The largest absolute Gasteiger partial charge is 0.338 e.